The van der Waals surface area contributed by atoms with Crippen LogP contribution in [0.15, 0.2) is 18.5 Å². The molecule has 0 radical (unpaired) electrons. The van der Waals surface area contributed by atoms with Gasteiger partial charge in [-0.2, -0.15) is 4.98 Å². The molecule has 0 bridgehead atoms. The highest BCUT2D eigenvalue weighted by Crippen LogP contribution is 2.29. The maximum atomic E-state index is 13.5. The zero-order valence-corrected chi connectivity index (χ0v) is 10.5. The van der Waals surface area contributed by atoms with Gasteiger partial charge in [-0.25, -0.2) is 18.2 Å². The minimum absolute atomic E-state index is 0.0355. The zero-order valence-electron chi connectivity index (χ0n) is 10.5. The molecule has 0 atom stereocenters. The van der Waals surface area contributed by atoms with E-state index in [2.05, 4.69) is 15.3 Å². The van der Waals surface area contributed by atoms with Crippen LogP contribution in [-0.2, 0) is 0 Å². The van der Waals surface area contributed by atoms with E-state index < -0.39 is 17.5 Å². The summed E-state index contributed by atoms with van der Waals surface area (Å²) >= 11 is 0. The van der Waals surface area contributed by atoms with Crippen molar-refractivity contribution in [3.05, 3.63) is 35.9 Å². The Balaban J connectivity index is 2.35. The Bertz CT molecular complexity index is 636. The van der Waals surface area contributed by atoms with Crippen molar-refractivity contribution in [3.8, 4) is 5.88 Å². The number of rotatable bonds is 4. The molecule has 0 saturated carbocycles. The van der Waals surface area contributed by atoms with Crippen molar-refractivity contribution < 1.29 is 17.9 Å². The number of halogens is 3. The lowest BCUT2D eigenvalue weighted by atomic mass is 10.2. The van der Waals surface area contributed by atoms with Gasteiger partial charge in [-0.15, -0.1) is 0 Å². The first-order valence-electron chi connectivity index (χ1n) is 5.67. The molecule has 1 aromatic heterocycles. The normalized spacial score (nSPS) is 10.4. The monoisotopic (exact) mass is 284 g/mol. The molecule has 0 amide bonds. The van der Waals surface area contributed by atoms with E-state index >= 15 is 0 Å². The number of aromatic nitrogens is 2. The third-order valence-electron chi connectivity index (χ3n) is 2.39. The van der Waals surface area contributed by atoms with Crippen molar-refractivity contribution in [2.45, 2.75) is 6.92 Å². The van der Waals surface area contributed by atoms with Crippen molar-refractivity contribution in [1.82, 2.24) is 9.97 Å². The molecule has 1 heterocycles. The molecule has 0 saturated heterocycles. The van der Waals surface area contributed by atoms with Crippen LogP contribution >= 0.6 is 0 Å². The number of nitrogens with one attached hydrogen (secondary N) is 1. The lowest BCUT2D eigenvalue weighted by Gasteiger charge is -2.11. The average Bonchev–Trinajstić information content (AvgIpc) is 2.40. The molecule has 1 aromatic carbocycles. The Labute approximate surface area is 112 Å². The Morgan fingerprint density at radius 2 is 1.85 bits per heavy atom. The maximum Gasteiger partial charge on any atom is 0.242 e. The molecule has 0 spiro atoms. The summed E-state index contributed by atoms with van der Waals surface area (Å²) in [5, 5.41) is 2.47. The number of ether oxygens (including phenoxy) is 1. The van der Waals surface area contributed by atoms with Crippen LogP contribution in [-0.4, -0.2) is 16.6 Å². The van der Waals surface area contributed by atoms with E-state index in [0.717, 1.165) is 6.33 Å². The first kappa shape index (κ1) is 13.9. The third kappa shape index (κ3) is 2.73. The lowest BCUT2D eigenvalue weighted by molar-refractivity contribution is 0.328. The van der Waals surface area contributed by atoms with E-state index in [-0.39, 0.29) is 23.1 Å². The minimum Gasteiger partial charge on any atom is -0.476 e. The second kappa shape index (κ2) is 5.64. The van der Waals surface area contributed by atoms with E-state index in [9.17, 15) is 13.2 Å². The number of benzene rings is 1. The van der Waals surface area contributed by atoms with Crippen LogP contribution in [0.2, 0.25) is 0 Å². The molecular weight excluding hydrogens is 273 g/mol. The fourth-order valence-electron chi connectivity index (χ4n) is 1.48. The van der Waals surface area contributed by atoms with E-state index in [1.165, 1.54) is 0 Å². The van der Waals surface area contributed by atoms with E-state index in [1.807, 2.05) is 0 Å². The molecule has 0 aliphatic heterocycles. The summed E-state index contributed by atoms with van der Waals surface area (Å²) in [5.74, 6) is -3.29. The topological polar surface area (TPSA) is 73.1 Å². The second-order valence-electron chi connectivity index (χ2n) is 3.75. The predicted molar refractivity (Wildman–Crippen MR) is 67.2 cm³/mol. The summed E-state index contributed by atoms with van der Waals surface area (Å²) in [7, 11) is 0. The van der Waals surface area contributed by atoms with Crippen LogP contribution in [0.1, 0.15) is 6.92 Å². The van der Waals surface area contributed by atoms with Crippen molar-refractivity contribution in [3.63, 3.8) is 0 Å². The quantitative estimate of drug-likeness (QED) is 0.844. The molecule has 20 heavy (non-hydrogen) atoms. The smallest absolute Gasteiger partial charge is 0.242 e. The summed E-state index contributed by atoms with van der Waals surface area (Å²) in [6, 6.07) is 1.10. The molecule has 0 unspecified atom stereocenters. The van der Waals surface area contributed by atoms with Crippen molar-refractivity contribution in [2.24, 2.45) is 0 Å². The molecule has 0 aliphatic carbocycles. The van der Waals surface area contributed by atoms with Gasteiger partial charge in [0.05, 0.1) is 12.3 Å². The Hall–Kier alpha value is -2.51. The molecule has 5 nitrogen and oxygen atoms in total. The molecule has 0 fully saturated rings. The highest BCUT2D eigenvalue weighted by Gasteiger charge is 2.14. The second-order valence-corrected chi connectivity index (χ2v) is 3.75. The standard InChI is InChI=1S/C12H11F3N4O/c1-2-20-12-10(16)11(17-5-18-12)19-9-4-7(14)6(13)3-8(9)15/h3-5H,2,16H2,1H3,(H,17,18,19). The van der Waals surface area contributed by atoms with Gasteiger partial charge in [0, 0.05) is 12.1 Å². The molecule has 0 aliphatic rings. The van der Waals surface area contributed by atoms with Gasteiger partial charge in [-0.05, 0) is 6.92 Å². The van der Waals surface area contributed by atoms with E-state index in [4.69, 9.17) is 10.5 Å². The summed E-state index contributed by atoms with van der Waals surface area (Å²) in [6.07, 6.45) is 1.15. The molecule has 3 N–H and O–H groups in total. The number of nitrogens with zero attached hydrogens (tertiary/aromatic N) is 2. The lowest BCUT2D eigenvalue weighted by Crippen LogP contribution is -2.06. The van der Waals surface area contributed by atoms with Gasteiger partial charge >= 0.3 is 0 Å². The van der Waals surface area contributed by atoms with Crippen LogP contribution in [0.4, 0.5) is 30.4 Å². The van der Waals surface area contributed by atoms with Crippen LogP contribution in [0, 0.1) is 17.5 Å². The zero-order chi connectivity index (χ0) is 14.7. The predicted octanol–water partition coefficient (Wildman–Crippen LogP) is 2.62. The number of hydrogen-bond donors (Lipinski definition) is 2. The first-order chi connectivity index (χ1) is 9.52. The SMILES string of the molecule is CCOc1ncnc(Nc2cc(F)c(F)cc2F)c1N. The van der Waals surface area contributed by atoms with E-state index in [1.54, 1.807) is 6.92 Å². The number of nitrogen functional groups attached to an aromatic ring is 1. The third-order valence-corrected chi connectivity index (χ3v) is 2.39. The largest absolute Gasteiger partial charge is 0.476 e. The Morgan fingerprint density at radius 3 is 2.55 bits per heavy atom. The molecule has 2 rings (SSSR count). The summed E-state index contributed by atoms with van der Waals surface area (Å²) in [5.41, 5.74) is 5.48. The molecule has 2 aromatic rings. The molecule has 8 heteroatoms. The van der Waals surface area contributed by atoms with Gasteiger partial charge in [-0.1, -0.05) is 0 Å². The van der Waals surface area contributed by atoms with Gasteiger partial charge in [0.25, 0.3) is 0 Å². The Morgan fingerprint density at radius 1 is 1.15 bits per heavy atom. The van der Waals surface area contributed by atoms with Gasteiger partial charge in [-0.3, -0.25) is 0 Å². The average molecular weight is 284 g/mol. The Kier molecular flexibility index (Phi) is 3.92. The van der Waals surface area contributed by atoms with Crippen LogP contribution in [0.3, 0.4) is 0 Å². The summed E-state index contributed by atoms with van der Waals surface area (Å²) in [4.78, 5) is 7.60. The van der Waals surface area contributed by atoms with E-state index in [0.29, 0.717) is 18.7 Å². The van der Waals surface area contributed by atoms with Crippen LogP contribution in [0.25, 0.3) is 0 Å². The number of nitrogens with two attached hydrogens (primary N) is 1. The summed E-state index contributed by atoms with van der Waals surface area (Å²) < 4.78 is 44.6. The summed E-state index contributed by atoms with van der Waals surface area (Å²) in [6.45, 7) is 2.07. The molecular formula is C12H11F3N4O. The van der Waals surface area contributed by atoms with Crippen molar-refractivity contribution in [2.75, 3.05) is 17.7 Å². The fraction of sp³-hybridized carbons (Fsp3) is 0.167. The van der Waals surface area contributed by atoms with Gasteiger partial charge < -0.3 is 15.8 Å². The van der Waals surface area contributed by atoms with Gasteiger partial charge in [0.1, 0.15) is 17.8 Å². The highest BCUT2D eigenvalue weighted by atomic mass is 19.2. The number of anilines is 3. The number of hydrogen-bond acceptors (Lipinski definition) is 5. The van der Waals surface area contributed by atoms with Crippen molar-refractivity contribution >= 4 is 17.2 Å². The highest BCUT2D eigenvalue weighted by molar-refractivity contribution is 5.72. The first-order valence-corrected chi connectivity index (χ1v) is 5.67. The van der Waals surface area contributed by atoms with Crippen molar-refractivity contribution in [1.29, 1.82) is 0 Å². The van der Waals surface area contributed by atoms with Gasteiger partial charge in [0.2, 0.25) is 5.88 Å². The van der Waals surface area contributed by atoms with Crippen LogP contribution in [0.5, 0.6) is 5.88 Å². The molecule has 106 valence electrons. The maximum absolute atomic E-state index is 13.5. The minimum atomic E-state index is -1.28. The van der Waals surface area contributed by atoms with Crippen LogP contribution < -0.4 is 15.8 Å². The fourth-order valence-corrected chi connectivity index (χ4v) is 1.48. The van der Waals surface area contributed by atoms with Gasteiger partial charge in [0.15, 0.2) is 17.5 Å².